The summed E-state index contributed by atoms with van der Waals surface area (Å²) in [4.78, 5) is 0. The second-order valence-electron chi connectivity index (χ2n) is 6.55. The summed E-state index contributed by atoms with van der Waals surface area (Å²) in [7, 11) is -1.36. The summed E-state index contributed by atoms with van der Waals surface area (Å²) in [5.74, 6) is 0. The molecule has 0 fully saturated rings. The first kappa shape index (κ1) is 17.9. The molecule has 108 valence electrons. The zero-order chi connectivity index (χ0) is 14.0. The van der Waals surface area contributed by atoms with E-state index in [-0.39, 0.29) is 6.10 Å². The van der Waals surface area contributed by atoms with Crippen molar-refractivity contribution in [1.82, 2.24) is 0 Å². The van der Waals surface area contributed by atoms with Crippen LogP contribution in [0.25, 0.3) is 0 Å². The number of rotatable bonds is 11. The maximum absolute atomic E-state index is 10.1. The van der Waals surface area contributed by atoms with Gasteiger partial charge in [0.1, 0.15) is 0 Å². The fourth-order valence-corrected chi connectivity index (χ4v) is 3.29. The van der Waals surface area contributed by atoms with E-state index < -0.39 is 8.07 Å². The SMILES string of the molecule is C=C(C(O)CCCCCCCCCC)[Si](C)(C)C. The Bertz CT molecular complexity index is 218. The molecule has 0 aromatic rings. The standard InChI is InChI=1S/C16H34OSi/c1-6-7-8-9-10-11-12-13-14-16(17)15(2)18(3,4)5/h16-17H,2,6-14H2,1,3-5H3. The van der Waals surface area contributed by atoms with Crippen LogP contribution in [0.3, 0.4) is 0 Å². The smallest absolute Gasteiger partial charge is 0.0750 e. The van der Waals surface area contributed by atoms with E-state index in [9.17, 15) is 5.11 Å². The van der Waals surface area contributed by atoms with Gasteiger partial charge in [-0.1, -0.05) is 83.1 Å². The maximum atomic E-state index is 10.1. The molecule has 0 radical (unpaired) electrons. The molecule has 0 saturated carbocycles. The molecule has 0 aromatic carbocycles. The molecule has 2 heteroatoms. The lowest BCUT2D eigenvalue weighted by Gasteiger charge is -2.24. The quantitative estimate of drug-likeness (QED) is 0.398. The van der Waals surface area contributed by atoms with Gasteiger partial charge in [-0.15, -0.1) is 6.58 Å². The topological polar surface area (TPSA) is 20.2 Å². The lowest BCUT2D eigenvalue weighted by Crippen LogP contribution is -2.31. The van der Waals surface area contributed by atoms with Gasteiger partial charge in [-0.2, -0.15) is 0 Å². The van der Waals surface area contributed by atoms with E-state index in [0.717, 1.165) is 18.0 Å². The Hall–Kier alpha value is -0.0831. The van der Waals surface area contributed by atoms with Crippen molar-refractivity contribution in [3.8, 4) is 0 Å². The number of hydrogen-bond donors (Lipinski definition) is 1. The highest BCUT2D eigenvalue weighted by Crippen LogP contribution is 2.20. The summed E-state index contributed by atoms with van der Waals surface area (Å²) in [6, 6.07) is 0. The molecule has 0 heterocycles. The normalized spacial score (nSPS) is 13.6. The third-order valence-corrected chi connectivity index (χ3v) is 5.96. The van der Waals surface area contributed by atoms with Crippen LogP contribution in [0.1, 0.15) is 64.7 Å². The first-order chi connectivity index (χ1) is 8.39. The highest BCUT2D eigenvalue weighted by Gasteiger charge is 2.23. The first-order valence-corrected chi connectivity index (χ1v) is 11.3. The van der Waals surface area contributed by atoms with E-state index in [1.807, 2.05) is 0 Å². The molecule has 0 aliphatic rings. The number of unbranched alkanes of at least 4 members (excludes halogenated alkanes) is 7. The second kappa shape index (κ2) is 9.80. The molecule has 0 aromatic heterocycles. The molecule has 18 heavy (non-hydrogen) atoms. The molecule has 1 nitrogen and oxygen atoms in total. The summed E-state index contributed by atoms with van der Waals surface area (Å²) in [5.41, 5.74) is 0. The van der Waals surface area contributed by atoms with Crippen LogP contribution in [0.4, 0.5) is 0 Å². The van der Waals surface area contributed by atoms with E-state index >= 15 is 0 Å². The third kappa shape index (κ3) is 8.93. The van der Waals surface area contributed by atoms with Crippen LogP contribution in [-0.4, -0.2) is 19.3 Å². The van der Waals surface area contributed by atoms with Gasteiger partial charge in [0, 0.05) is 0 Å². The van der Waals surface area contributed by atoms with E-state index in [0.29, 0.717) is 0 Å². The molecule has 0 aliphatic carbocycles. The Kier molecular flexibility index (Phi) is 9.75. The van der Waals surface area contributed by atoms with Gasteiger partial charge in [-0.05, 0) is 6.42 Å². The number of hydrogen-bond acceptors (Lipinski definition) is 1. The summed E-state index contributed by atoms with van der Waals surface area (Å²) < 4.78 is 0. The van der Waals surface area contributed by atoms with Crippen molar-refractivity contribution in [2.45, 2.75) is 90.5 Å². The largest absolute Gasteiger partial charge is 0.389 e. The minimum absolute atomic E-state index is 0.253. The van der Waals surface area contributed by atoms with E-state index in [4.69, 9.17) is 0 Å². The molecular weight excluding hydrogens is 236 g/mol. The van der Waals surface area contributed by atoms with Crippen LogP contribution < -0.4 is 0 Å². The molecular formula is C16H34OSi. The van der Waals surface area contributed by atoms with Gasteiger partial charge in [0.15, 0.2) is 0 Å². The van der Waals surface area contributed by atoms with Gasteiger partial charge in [-0.25, -0.2) is 0 Å². The van der Waals surface area contributed by atoms with Crippen LogP contribution in [0.15, 0.2) is 11.8 Å². The fraction of sp³-hybridized carbons (Fsp3) is 0.875. The fourth-order valence-electron chi connectivity index (χ4n) is 2.15. The Morgan fingerprint density at radius 3 is 1.83 bits per heavy atom. The predicted octanol–water partition coefficient (Wildman–Crippen LogP) is 5.31. The molecule has 0 bridgehead atoms. The monoisotopic (exact) mass is 270 g/mol. The number of aliphatic hydroxyl groups is 1. The van der Waals surface area contributed by atoms with E-state index in [1.54, 1.807) is 0 Å². The van der Waals surface area contributed by atoms with E-state index in [2.05, 4.69) is 33.1 Å². The molecule has 0 saturated heterocycles. The Labute approximate surface area is 116 Å². The maximum Gasteiger partial charge on any atom is 0.0750 e. The summed E-state index contributed by atoms with van der Waals surface area (Å²) in [6.07, 6.45) is 11.3. The Morgan fingerprint density at radius 2 is 1.39 bits per heavy atom. The van der Waals surface area contributed by atoms with Gasteiger partial charge >= 0.3 is 0 Å². The zero-order valence-electron chi connectivity index (χ0n) is 13.1. The van der Waals surface area contributed by atoms with Crippen LogP contribution in [0, 0.1) is 0 Å². The molecule has 1 N–H and O–H groups in total. The van der Waals surface area contributed by atoms with Crippen LogP contribution >= 0.6 is 0 Å². The van der Waals surface area contributed by atoms with Gasteiger partial charge in [-0.3, -0.25) is 0 Å². The number of aliphatic hydroxyl groups excluding tert-OH is 1. The average molecular weight is 271 g/mol. The van der Waals surface area contributed by atoms with Crippen molar-refractivity contribution in [2.75, 3.05) is 0 Å². The van der Waals surface area contributed by atoms with Gasteiger partial charge < -0.3 is 5.11 Å². The summed E-state index contributed by atoms with van der Waals surface area (Å²) in [6.45, 7) is 13.1. The lowest BCUT2D eigenvalue weighted by molar-refractivity contribution is 0.202. The minimum atomic E-state index is -1.36. The van der Waals surface area contributed by atoms with Crippen LogP contribution in [0.5, 0.6) is 0 Å². The van der Waals surface area contributed by atoms with Crippen molar-refractivity contribution < 1.29 is 5.11 Å². The lowest BCUT2D eigenvalue weighted by atomic mass is 10.1. The molecule has 1 unspecified atom stereocenters. The predicted molar refractivity (Wildman–Crippen MR) is 85.7 cm³/mol. The Morgan fingerprint density at radius 1 is 0.944 bits per heavy atom. The first-order valence-electron chi connectivity index (χ1n) is 7.77. The summed E-state index contributed by atoms with van der Waals surface area (Å²) >= 11 is 0. The van der Waals surface area contributed by atoms with Crippen molar-refractivity contribution in [1.29, 1.82) is 0 Å². The molecule has 0 rings (SSSR count). The second-order valence-corrected chi connectivity index (χ2v) is 11.7. The average Bonchev–Trinajstić information content (AvgIpc) is 2.30. The zero-order valence-corrected chi connectivity index (χ0v) is 14.1. The third-order valence-electron chi connectivity index (χ3n) is 3.70. The van der Waals surface area contributed by atoms with Gasteiger partial charge in [0.2, 0.25) is 0 Å². The molecule has 0 amide bonds. The minimum Gasteiger partial charge on any atom is -0.389 e. The highest BCUT2D eigenvalue weighted by atomic mass is 28.3. The van der Waals surface area contributed by atoms with Crippen molar-refractivity contribution in [3.05, 3.63) is 11.8 Å². The van der Waals surface area contributed by atoms with Crippen LogP contribution in [0.2, 0.25) is 19.6 Å². The highest BCUT2D eigenvalue weighted by molar-refractivity contribution is 6.83. The van der Waals surface area contributed by atoms with Gasteiger partial charge in [0.05, 0.1) is 14.2 Å². The summed E-state index contributed by atoms with van der Waals surface area (Å²) in [5, 5.41) is 11.2. The van der Waals surface area contributed by atoms with Crippen molar-refractivity contribution in [2.24, 2.45) is 0 Å². The van der Waals surface area contributed by atoms with Crippen molar-refractivity contribution in [3.63, 3.8) is 0 Å². The Balaban J connectivity index is 3.46. The molecule has 0 aliphatic heterocycles. The van der Waals surface area contributed by atoms with Crippen molar-refractivity contribution >= 4 is 8.07 Å². The van der Waals surface area contributed by atoms with Gasteiger partial charge in [0.25, 0.3) is 0 Å². The molecule has 0 spiro atoms. The van der Waals surface area contributed by atoms with E-state index in [1.165, 1.54) is 44.9 Å². The molecule has 1 atom stereocenters. The van der Waals surface area contributed by atoms with Crippen LogP contribution in [-0.2, 0) is 0 Å².